The van der Waals surface area contributed by atoms with Gasteiger partial charge in [-0.25, -0.2) is 0 Å². The van der Waals surface area contributed by atoms with Crippen LogP contribution < -0.4 is 9.47 Å². The first kappa shape index (κ1) is 12.3. The molecule has 19 heavy (non-hydrogen) atoms. The van der Waals surface area contributed by atoms with Gasteiger partial charge in [-0.15, -0.1) is 0 Å². The van der Waals surface area contributed by atoms with Crippen LogP contribution in [0, 0.1) is 0 Å². The van der Waals surface area contributed by atoms with Crippen molar-refractivity contribution in [1.29, 1.82) is 0 Å². The van der Waals surface area contributed by atoms with Crippen LogP contribution >= 0.6 is 11.6 Å². The smallest absolute Gasteiger partial charge is 0.162 e. The molecular weight excluding hydrogens is 264 g/mol. The summed E-state index contributed by atoms with van der Waals surface area (Å²) >= 11 is 5.88. The van der Waals surface area contributed by atoms with Crippen LogP contribution in [0.3, 0.4) is 0 Å². The lowest BCUT2D eigenvalue weighted by Crippen LogP contribution is -2.32. The first-order valence-corrected chi connectivity index (χ1v) is 6.44. The average Bonchev–Trinajstić information content (AvgIpc) is 2.47. The summed E-state index contributed by atoms with van der Waals surface area (Å²) in [6.07, 6.45) is -0.298. The Morgan fingerprint density at radius 1 is 1.05 bits per heavy atom. The highest BCUT2D eigenvalue weighted by Gasteiger charge is 2.20. The number of fused-ring (bicyclic) bond motifs is 1. The van der Waals surface area contributed by atoms with Gasteiger partial charge in [0.05, 0.1) is 6.61 Å². The van der Waals surface area contributed by atoms with Gasteiger partial charge in [0, 0.05) is 5.02 Å². The monoisotopic (exact) mass is 276 g/mol. The van der Waals surface area contributed by atoms with Gasteiger partial charge in [0.25, 0.3) is 0 Å². The van der Waals surface area contributed by atoms with Crippen molar-refractivity contribution in [1.82, 2.24) is 0 Å². The summed E-state index contributed by atoms with van der Waals surface area (Å²) in [6, 6.07) is 13.4. The maximum absolute atomic E-state index is 9.11. The molecule has 0 fully saturated rings. The molecule has 1 atom stereocenters. The third-order valence-electron chi connectivity index (χ3n) is 3.04. The number of rotatable bonds is 2. The Labute approximate surface area is 116 Å². The Morgan fingerprint density at radius 2 is 1.79 bits per heavy atom. The second-order valence-corrected chi connectivity index (χ2v) is 4.84. The first-order valence-electron chi connectivity index (χ1n) is 6.06. The summed E-state index contributed by atoms with van der Waals surface area (Å²) in [6.45, 7) is 0.328. The van der Waals surface area contributed by atoms with E-state index in [1.165, 1.54) is 0 Å². The van der Waals surface area contributed by atoms with Crippen LogP contribution in [0.15, 0.2) is 42.5 Å². The summed E-state index contributed by atoms with van der Waals surface area (Å²) in [5, 5.41) is 9.82. The molecule has 2 aromatic carbocycles. The van der Waals surface area contributed by atoms with E-state index >= 15 is 0 Å². The standard InChI is InChI=1S/C15H13ClO3/c16-12-4-1-10(2-5-12)11-3-6-14-15(7-11)19-13(8-17)9-18-14/h1-7,13,17H,8-9H2. The number of aliphatic hydroxyl groups excluding tert-OH is 1. The van der Waals surface area contributed by atoms with Gasteiger partial charge in [0.1, 0.15) is 6.61 Å². The predicted octanol–water partition coefficient (Wildman–Crippen LogP) is 3.14. The van der Waals surface area contributed by atoms with E-state index in [0.717, 1.165) is 11.1 Å². The van der Waals surface area contributed by atoms with Crippen molar-refractivity contribution in [3.05, 3.63) is 47.5 Å². The Hall–Kier alpha value is -1.71. The van der Waals surface area contributed by atoms with E-state index in [4.69, 9.17) is 26.2 Å². The third kappa shape index (κ3) is 2.53. The van der Waals surface area contributed by atoms with Crippen LogP contribution in [0.25, 0.3) is 11.1 Å². The number of benzene rings is 2. The zero-order chi connectivity index (χ0) is 13.2. The number of ether oxygens (including phenoxy) is 2. The SMILES string of the molecule is OCC1COc2ccc(-c3ccc(Cl)cc3)cc2O1. The molecule has 1 N–H and O–H groups in total. The predicted molar refractivity (Wildman–Crippen MR) is 73.9 cm³/mol. The molecule has 2 aromatic rings. The Balaban J connectivity index is 1.94. The number of aliphatic hydroxyl groups is 1. The number of halogens is 1. The molecule has 4 heteroatoms. The van der Waals surface area contributed by atoms with E-state index in [0.29, 0.717) is 23.1 Å². The molecule has 3 rings (SSSR count). The van der Waals surface area contributed by atoms with Crippen LogP contribution in [0.2, 0.25) is 5.02 Å². The third-order valence-corrected chi connectivity index (χ3v) is 3.30. The number of hydrogen-bond acceptors (Lipinski definition) is 3. The maximum atomic E-state index is 9.11. The zero-order valence-electron chi connectivity index (χ0n) is 10.2. The molecule has 1 aliphatic rings. The van der Waals surface area contributed by atoms with Crippen LogP contribution in [-0.4, -0.2) is 24.4 Å². The average molecular weight is 277 g/mol. The van der Waals surface area contributed by atoms with E-state index in [1.807, 2.05) is 42.5 Å². The lowest BCUT2D eigenvalue weighted by Gasteiger charge is -2.25. The van der Waals surface area contributed by atoms with Crippen LogP contribution in [0.5, 0.6) is 11.5 Å². The second kappa shape index (κ2) is 5.11. The van der Waals surface area contributed by atoms with Crippen molar-refractivity contribution >= 4 is 11.6 Å². The summed E-state index contributed by atoms with van der Waals surface area (Å²) in [5.41, 5.74) is 2.08. The van der Waals surface area contributed by atoms with E-state index in [2.05, 4.69) is 0 Å². The summed E-state index contributed by atoms with van der Waals surface area (Å²) < 4.78 is 11.2. The fourth-order valence-corrected chi connectivity index (χ4v) is 2.15. The largest absolute Gasteiger partial charge is 0.486 e. The molecule has 98 valence electrons. The molecule has 0 aromatic heterocycles. The van der Waals surface area contributed by atoms with Crippen molar-refractivity contribution in [3.8, 4) is 22.6 Å². The lowest BCUT2D eigenvalue weighted by atomic mass is 10.1. The highest BCUT2D eigenvalue weighted by Crippen LogP contribution is 2.35. The molecule has 0 radical (unpaired) electrons. The van der Waals surface area contributed by atoms with E-state index in [-0.39, 0.29) is 12.7 Å². The van der Waals surface area contributed by atoms with Gasteiger partial charge in [-0.1, -0.05) is 29.8 Å². The van der Waals surface area contributed by atoms with Gasteiger partial charge in [-0.3, -0.25) is 0 Å². The van der Waals surface area contributed by atoms with Crippen molar-refractivity contribution in [2.45, 2.75) is 6.10 Å². The van der Waals surface area contributed by atoms with Gasteiger partial charge >= 0.3 is 0 Å². The molecule has 1 aliphatic heterocycles. The zero-order valence-corrected chi connectivity index (χ0v) is 10.9. The summed E-state index contributed by atoms with van der Waals surface area (Å²) in [7, 11) is 0. The van der Waals surface area contributed by atoms with Crippen LogP contribution in [0.4, 0.5) is 0 Å². The van der Waals surface area contributed by atoms with Gasteiger partial charge in [0.2, 0.25) is 0 Å². The van der Waals surface area contributed by atoms with Crippen LogP contribution in [-0.2, 0) is 0 Å². The normalized spacial score (nSPS) is 17.3. The van der Waals surface area contributed by atoms with E-state index in [9.17, 15) is 0 Å². The van der Waals surface area contributed by atoms with Crippen molar-refractivity contribution in [3.63, 3.8) is 0 Å². The Kier molecular flexibility index (Phi) is 3.32. The van der Waals surface area contributed by atoms with Gasteiger partial charge in [0.15, 0.2) is 17.6 Å². The van der Waals surface area contributed by atoms with Gasteiger partial charge in [-0.05, 0) is 35.4 Å². The molecule has 1 unspecified atom stereocenters. The molecule has 0 saturated carbocycles. The molecular formula is C15H13ClO3. The fraction of sp³-hybridized carbons (Fsp3) is 0.200. The van der Waals surface area contributed by atoms with Crippen molar-refractivity contribution < 1.29 is 14.6 Å². The van der Waals surface area contributed by atoms with Crippen LogP contribution in [0.1, 0.15) is 0 Å². The quantitative estimate of drug-likeness (QED) is 0.916. The van der Waals surface area contributed by atoms with E-state index in [1.54, 1.807) is 0 Å². The lowest BCUT2D eigenvalue weighted by molar-refractivity contribution is 0.0457. The maximum Gasteiger partial charge on any atom is 0.162 e. The molecule has 3 nitrogen and oxygen atoms in total. The highest BCUT2D eigenvalue weighted by molar-refractivity contribution is 6.30. The van der Waals surface area contributed by atoms with E-state index < -0.39 is 0 Å². The van der Waals surface area contributed by atoms with Crippen molar-refractivity contribution in [2.75, 3.05) is 13.2 Å². The van der Waals surface area contributed by atoms with Crippen molar-refractivity contribution in [2.24, 2.45) is 0 Å². The minimum absolute atomic E-state index is 0.0510. The second-order valence-electron chi connectivity index (χ2n) is 4.40. The topological polar surface area (TPSA) is 38.7 Å². The number of hydrogen-bond donors (Lipinski definition) is 1. The summed E-state index contributed by atoms with van der Waals surface area (Å²) in [4.78, 5) is 0. The fourth-order valence-electron chi connectivity index (χ4n) is 2.03. The minimum Gasteiger partial charge on any atom is -0.486 e. The molecule has 0 saturated heterocycles. The first-order chi connectivity index (χ1) is 9.26. The van der Waals surface area contributed by atoms with Gasteiger partial charge in [-0.2, -0.15) is 0 Å². The Morgan fingerprint density at radius 3 is 2.53 bits per heavy atom. The highest BCUT2D eigenvalue weighted by atomic mass is 35.5. The molecule has 0 aliphatic carbocycles. The molecule has 1 heterocycles. The molecule has 0 spiro atoms. The Bertz CT molecular complexity index is 580. The minimum atomic E-state index is -0.298. The molecule has 0 amide bonds. The van der Waals surface area contributed by atoms with Gasteiger partial charge < -0.3 is 14.6 Å². The summed E-state index contributed by atoms with van der Waals surface area (Å²) in [5.74, 6) is 1.38. The molecule has 0 bridgehead atoms.